The third-order valence-corrected chi connectivity index (χ3v) is 3.55. The molecular weight excluding hydrogens is 285 g/mol. The minimum atomic E-state index is -0.560. The van der Waals surface area contributed by atoms with Crippen molar-refractivity contribution in [2.45, 2.75) is 6.92 Å². The van der Waals surface area contributed by atoms with Crippen LogP contribution in [-0.4, -0.2) is 16.6 Å². The van der Waals surface area contributed by atoms with Crippen molar-refractivity contribution in [3.05, 3.63) is 68.6 Å². The Balaban J connectivity index is 2.36. The minimum absolute atomic E-state index is 0.122. The molecule has 0 aliphatic heterocycles. The Morgan fingerprint density at radius 1 is 1.14 bits per heavy atom. The molecule has 1 aromatic heterocycles. The lowest BCUT2D eigenvalue weighted by atomic mass is 10.2. The van der Waals surface area contributed by atoms with Crippen LogP contribution in [0, 0.1) is 12.7 Å². The van der Waals surface area contributed by atoms with Crippen LogP contribution in [0.15, 0.2) is 46.0 Å². The highest BCUT2D eigenvalue weighted by Crippen LogP contribution is 2.18. The number of benzene rings is 2. The SMILES string of the molecule is CNc1cc2[nH]c(=O)n(-c3ccc(C)cc3)c(=O)c2cc1F. The summed E-state index contributed by atoms with van der Waals surface area (Å²) in [4.78, 5) is 27.4. The fourth-order valence-electron chi connectivity index (χ4n) is 2.36. The molecule has 0 amide bonds. The molecule has 2 N–H and O–H groups in total. The lowest BCUT2D eigenvalue weighted by Gasteiger charge is -2.08. The highest BCUT2D eigenvalue weighted by atomic mass is 19.1. The van der Waals surface area contributed by atoms with Crippen LogP contribution < -0.4 is 16.6 Å². The maximum atomic E-state index is 13.9. The maximum absolute atomic E-state index is 13.9. The average Bonchev–Trinajstić information content (AvgIpc) is 2.49. The molecular formula is C16H14FN3O2. The van der Waals surface area contributed by atoms with Crippen LogP contribution in [-0.2, 0) is 0 Å². The van der Waals surface area contributed by atoms with Crippen molar-refractivity contribution in [2.24, 2.45) is 0 Å². The molecule has 6 heteroatoms. The van der Waals surface area contributed by atoms with Gasteiger partial charge in [-0.05, 0) is 31.2 Å². The van der Waals surface area contributed by atoms with E-state index in [-0.39, 0.29) is 11.1 Å². The highest BCUT2D eigenvalue weighted by Gasteiger charge is 2.12. The molecule has 1 heterocycles. The second-order valence-electron chi connectivity index (χ2n) is 5.03. The van der Waals surface area contributed by atoms with E-state index in [2.05, 4.69) is 10.3 Å². The van der Waals surface area contributed by atoms with Gasteiger partial charge in [-0.3, -0.25) is 4.79 Å². The molecule has 0 atom stereocenters. The van der Waals surface area contributed by atoms with E-state index >= 15 is 0 Å². The number of fused-ring (bicyclic) bond motifs is 1. The molecule has 2 aromatic carbocycles. The van der Waals surface area contributed by atoms with Gasteiger partial charge in [0.05, 0.1) is 22.3 Å². The summed E-state index contributed by atoms with van der Waals surface area (Å²) < 4.78 is 14.9. The van der Waals surface area contributed by atoms with Gasteiger partial charge in [-0.2, -0.15) is 0 Å². The number of anilines is 1. The standard InChI is InChI=1S/C16H14FN3O2/c1-9-3-5-10(6-4-9)20-15(21)11-7-12(17)14(18-2)8-13(11)19-16(20)22/h3-8,18H,1-2H3,(H,19,22). The van der Waals surface area contributed by atoms with Crippen LogP contribution >= 0.6 is 0 Å². The Morgan fingerprint density at radius 3 is 2.45 bits per heavy atom. The van der Waals surface area contributed by atoms with Crippen LogP contribution in [0.3, 0.4) is 0 Å². The van der Waals surface area contributed by atoms with Crippen LogP contribution in [0.2, 0.25) is 0 Å². The van der Waals surface area contributed by atoms with Gasteiger partial charge in [0.25, 0.3) is 5.56 Å². The second-order valence-corrected chi connectivity index (χ2v) is 5.03. The first-order valence-electron chi connectivity index (χ1n) is 6.74. The number of aryl methyl sites for hydroxylation is 1. The fraction of sp³-hybridized carbons (Fsp3) is 0.125. The third-order valence-electron chi connectivity index (χ3n) is 3.55. The minimum Gasteiger partial charge on any atom is -0.386 e. The van der Waals surface area contributed by atoms with Gasteiger partial charge >= 0.3 is 5.69 Å². The van der Waals surface area contributed by atoms with E-state index in [1.54, 1.807) is 31.3 Å². The van der Waals surface area contributed by atoms with E-state index in [1.165, 1.54) is 6.07 Å². The Hall–Kier alpha value is -2.89. The fourth-order valence-corrected chi connectivity index (χ4v) is 2.36. The maximum Gasteiger partial charge on any atom is 0.333 e. The molecule has 0 unspecified atom stereocenters. The second kappa shape index (κ2) is 5.14. The summed E-state index contributed by atoms with van der Waals surface area (Å²) in [6.45, 7) is 1.91. The number of hydrogen-bond acceptors (Lipinski definition) is 3. The number of nitrogens with one attached hydrogen (secondary N) is 2. The van der Waals surface area contributed by atoms with Crippen LogP contribution in [0.25, 0.3) is 16.6 Å². The molecule has 22 heavy (non-hydrogen) atoms. The molecule has 0 spiro atoms. The highest BCUT2D eigenvalue weighted by molar-refractivity contribution is 5.81. The number of aromatic nitrogens is 2. The van der Waals surface area contributed by atoms with Crippen LogP contribution in [0.5, 0.6) is 0 Å². The Morgan fingerprint density at radius 2 is 1.82 bits per heavy atom. The lowest BCUT2D eigenvalue weighted by molar-refractivity contribution is 0.632. The molecule has 3 aromatic rings. The number of halogens is 1. The van der Waals surface area contributed by atoms with Crippen molar-refractivity contribution < 1.29 is 4.39 Å². The Bertz CT molecular complexity index is 972. The Kier molecular flexibility index (Phi) is 3.29. The summed E-state index contributed by atoms with van der Waals surface area (Å²) in [5.41, 5.74) is 0.856. The quantitative estimate of drug-likeness (QED) is 0.762. The van der Waals surface area contributed by atoms with Gasteiger partial charge < -0.3 is 10.3 Å². The van der Waals surface area contributed by atoms with Crippen molar-refractivity contribution in [3.8, 4) is 5.69 Å². The average molecular weight is 299 g/mol. The third kappa shape index (κ3) is 2.18. The summed E-state index contributed by atoms with van der Waals surface area (Å²) in [6, 6.07) is 9.50. The van der Waals surface area contributed by atoms with Gasteiger partial charge in [-0.15, -0.1) is 0 Å². The summed E-state index contributed by atoms with van der Waals surface area (Å²) in [6.07, 6.45) is 0. The first-order valence-corrected chi connectivity index (χ1v) is 6.74. The number of nitrogens with zero attached hydrogens (tertiary/aromatic N) is 1. The molecule has 0 fully saturated rings. The molecule has 112 valence electrons. The molecule has 0 aliphatic carbocycles. The van der Waals surface area contributed by atoms with Gasteiger partial charge in [0.1, 0.15) is 5.82 Å². The van der Waals surface area contributed by atoms with Gasteiger partial charge in [-0.1, -0.05) is 17.7 Å². The predicted molar refractivity (Wildman–Crippen MR) is 84.4 cm³/mol. The van der Waals surface area contributed by atoms with Gasteiger partial charge in [0.15, 0.2) is 0 Å². The first kappa shape index (κ1) is 14.1. The van der Waals surface area contributed by atoms with Gasteiger partial charge in [0.2, 0.25) is 0 Å². The summed E-state index contributed by atoms with van der Waals surface area (Å²) in [7, 11) is 1.57. The zero-order chi connectivity index (χ0) is 15.9. The van der Waals surface area contributed by atoms with Crippen molar-refractivity contribution in [1.82, 2.24) is 9.55 Å². The molecule has 0 bridgehead atoms. The summed E-state index contributed by atoms with van der Waals surface area (Å²) in [5.74, 6) is -0.547. The van der Waals surface area contributed by atoms with E-state index in [4.69, 9.17) is 0 Å². The largest absolute Gasteiger partial charge is 0.386 e. The number of H-pyrrole nitrogens is 1. The van der Waals surface area contributed by atoms with E-state index < -0.39 is 17.1 Å². The van der Waals surface area contributed by atoms with Crippen LogP contribution in [0.1, 0.15) is 5.56 Å². The topological polar surface area (TPSA) is 66.9 Å². The zero-order valence-electron chi connectivity index (χ0n) is 12.1. The normalized spacial score (nSPS) is 10.9. The Labute approximate surface area is 125 Å². The smallest absolute Gasteiger partial charge is 0.333 e. The molecule has 5 nitrogen and oxygen atoms in total. The molecule has 0 saturated heterocycles. The number of aromatic amines is 1. The van der Waals surface area contributed by atoms with Gasteiger partial charge in [-0.25, -0.2) is 13.8 Å². The van der Waals surface area contributed by atoms with Crippen molar-refractivity contribution in [2.75, 3.05) is 12.4 Å². The predicted octanol–water partition coefficient (Wildman–Crippen LogP) is 2.17. The van der Waals surface area contributed by atoms with Gasteiger partial charge in [0, 0.05) is 7.05 Å². The van der Waals surface area contributed by atoms with E-state index in [9.17, 15) is 14.0 Å². The summed E-state index contributed by atoms with van der Waals surface area (Å²) >= 11 is 0. The first-order chi connectivity index (χ1) is 10.5. The van der Waals surface area contributed by atoms with E-state index in [1.807, 2.05) is 6.92 Å². The molecule has 3 rings (SSSR count). The number of hydrogen-bond donors (Lipinski definition) is 2. The molecule has 0 radical (unpaired) electrons. The monoisotopic (exact) mass is 299 g/mol. The van der Waals surface area contributed by atoms with Crippen molar-refractivity contribution in [3.63, 3.8) is 0 Å². The molecule has 0 aliphatic rings. The summed E-state index contributed by atoms with van der Waals surface area (Å²) in [5, 5.41) is 2.79. The number of rotatable bonds is 2. The van der Waals surface area contributed by atoms with Crippen molar-refractivity contribution >= 4 is 16.6 Å². The molecule has 0 saturated carbocycles. The lowest BCUT2D eigenvalue weighted by Crippen LogP contribution is -2.33. The zero-order valence-corrected chi connectivity index (χ0v) is 12.1. The van der Waals surface area contributed by atoms with Crippen molar-refractivity contribution in [1.29, 1.82) is 0 Å². The van der Waals surface area contributed by atoms with E-state index in [0.717, 1.165) is 16.2 Å². The van der Waals surface area contributed by atoms with E-state index in [0.29, 0.717) is 11.2 Å². The van der Waals surface area contributed by atoms with Crippen LogP contribution in [0.4, 0.5) is 10.1 Å².